The fraction of sp³-hybridized carbons (Fsp3) is 0.355. The molecule has 0 spiro atoms. The van der Waals surface area contributed by atoms with Crippen molar-refractivity contribution in [1.29, 1.82) is 0 Å². The molecule has 0 saturated heterocycles. The van der Waals surface area contributed by atoms with Crippen LogP contribution < -0.4 is 16.0 Å². The molecule has 0 unspecified atom stereocenters. The van der Waals surface area contributed by atoms with Crippen LogP contribution in [0, 0.1) is 12.3 Å². The molecule has 3 rings (SSSR count). The number of rotatable bonds is 10. The van der Waals surface area contributed by atoms with Crippen molar-refractivity contribution in [3.05, 3.63) is 77.5 Å². The number of nitrogens with zero attached hydrogens (tertiary/aromatic N) is 4. The molecule has 10 nitrogen and oxygen atoms in total. The van der Waals surface area contributed by atoms with Crippen LogP contribution in [0.1, 0.15) is 49.3 Å². The van der Waals surface area contributed by atoms with Gasteiger partial charge in [0.1, 0.15) is 0 Å². The van der Waals surface area contributed by atoms with Gasteiger partial charge in [-0.2, -0.15) is 5.10 Å². The van der Waals surface area contributed by atoms with Gasteiger partial charge in [-0.15, -0.1) is 6.42 Å². The monoisotopic (exact) mass is 557 g/mol. The molecule has 2 heterocycles. The highest BCUT2D eigenvalue weighted by Crippen LogP contribution is 2.42. The van der Waals surface area contributed by atoms with Crippen LogP contribution in [0.4, 0.5) is 16.3 Å². The molecular weight excluding hydrogens is 518 g/mol. The van der Waals surface area contributed by atoms with E-state index in [-0.39, 0.29) is 30.4 Å². The second kappa shape index (κ2) is 13.2. The van der Waals surface area contributed by atoms with Gasteiger partial charge in [0.05, 0.1) is 23.8 Å². The highest BCUT2D eigenvalue weighted by atomic mass is 16.2. The molecule has 0 saturated carbocycles. The lowest BCUT2D eigenvalue weighted by molar-refractivity contribution is -0.111. The van der Waals surface area contributed by atoms with Crippen LogP contribution in [0.25, 0.3) is 0 Å². The smallest absolute Gasteiger partial charge is 0.318 e. The van der Waals surface area contributed by atoms with E-state index in [0.717, 1.165) is 16.8 Å². The van der Waals surface area contributed by atoms with E-state index in [9.17, 15) is 14.4 Å². The van der Waals surface area contributed by atoms with Crippen molar-refractivity contribution in [3.63, 3.8) is 0 Å². The number of carbonyl (C=O) groups excluding carboxylic acids is 3. The van der Waals surface area contributed by atoms with Crippen molar-refractivity contribution < 1.29 is 14.4 Å². The van der Waals surface area contributed by atoms with E-state index in [4.69, 9.17) is 6.42 Å². The molecule has 3 N–H and O–H groups in total. The molecule has 216 valence electrons. The maximum absolute atomic E-state index is 13.7. The maximum Gasteiger partial charge on any atom is 0.318 e. The van der Waals surface area contributed by atoms with Crippen LogP contribution in [0.3, 0.4) is 0 Å². The number of hydrogen-bond donors (Lipinski definition) is 3. The number of likely N-dealkylation sites (N-methyl/N-ethyl adjacent to an activating group) is 1. The van der Waals surface area contributed by atoms with Crippen molar-refractivity contribution in [3.8, 4) is 12.3 Å². The lowest BCUT2D eigenvalue weighted by atomic mass is 10.0. The van der Waals surface area contributed by atoms with Crippen LogP contribution in [-0.4, -0.2) is 64.1 Å². The Balaban J connectivity index is 1.84. The lowest BCUT2D eigenvalue weighted by Gasteiger charge is -2.35. The number of hydrogen-bond acceptors (Lipinski definition) is 5. The predicted molar refractivity (Wildman–Crippen MR) is 162 cm³/mol. The third kappa shape index (κ3) is 7.13. The van der Waals surface area contributed by atoms with E-state index in [1.807, 2.05) is 57.4 Å². The molecule has 1 atom stereocenters. The summed E-state index contributed by atoms with van der Waals surface area (Å²) in [6.07, 6.45) is 11.8. The minimum atomic E-state index is -0.680. The second-order valence-corrected chi connectivity index (χ2v) is 10.6. The fourth-order valence-electron chi connectivity index (χ4n) is 4.82. The lowest BCUT2D eigenvalue weighted by Crippen LogP contribution is -2.52. The Morgan fingerprint density at radius 1 is 1.22 bits per heavy atom. The molecule has 0 aliphatic carbocycles. The van der Waals surface area contributed by atoms with Gasteiger partial charge < -0.3 is 25.8 Å². The predicted octanol–water partition coefficient (Wildman–Crippen LogP) is 4.11. The molecular formula is C31H39N7O3. The Morgan fingerprint density at radius 3 is 2.49 bits per heavy atom. The van der Waals surface area contributed by atoms with E-state index in [1.165, 1.54) is 6.08 Å². The average Bonchev–Trinajstić information content (AvgIpc) is 3.42. The van der Waals surface area contributed by atoms with Crippen molar-refractivity contribution in [1.82, 2.24) is 24.9 Å². The largest absolute Gasteiger partial charge is 0.330 e. The number of benzene rings is 1. The summed E-state index contributed by atoms with van der Waals surface area (Å²) in [6, 6.07) is 6.07. The van der Waals surface area contributed by atoms with Crippen LogP contribution >= 0.6 is 0 Å². The van der Waals surface area contributed by atoms with Gasteiger partial charge >= 0.3 is 6.03 Å². The molecule has 4 amide bonds. The normalized spacial score (nSPS) is 14.9. The van der Waals surface area contributed by atoms with Crippen molar-refractivity contribution >= 4 is 29.4 Å². The summed E-state index contributed by atoms with van der Waals surface area (Å²) >= 11 is 0. The number of amides is 4. The highest BCUT2D eigenvalue weighted by Gasteiger charge is 2.45. The Hall–Kier alpha value is -4.62. The van der Waals surface area contributed by atoms with Crippen LogP contribution in [0.15, 0.2) is 60.7 Å². The average molecular weight is 558 g/mol. The van der Waals surface area contributed by atoms with Gasteiger partial charge in [0, 0.05) is 29.9 Å². The van der Waals surface area contributed by atoms with Gasteiger partial charge in [0.25, 0.3) is 5.91 Å². The number of terminal acetylenes is 1. The number of aromatic nitrogens is 2. The minimum Gasteiger partial charge on any atom is -0.330 e. The molecule has 1 aliphatic heterocycles. The summed E-state index contributed by atoms with van der Waals surface area (Å²) in [7, 11) is 3.91. The molecule has 1 aliphatic rings. The van der Waals surface area contributed by atoms with Gasteiger partial charge in [-0.25, -0.2) is 4.79 Å². The number of fused-ring (bicyclic) bond motifs is 1. The van der Waals surface area contributed by atoms with E-state index in [2.05, 4.69) is 33.5 Å². The zero-order valence-electron chi connectivity index (χ0n) is 24.6. The number of allylic oxidation sites excluding steroid dienone is 3. The van der Waals surface area contributed by atoms with Gasteiger partial charge in [0.2, 0.25) is 5.91 Å². The Bertz CT molecular complexity index is 1410. The number of nitrogens with one attached hydrogen (secondary N) is 3. The van der Waals surface area contributed by atoms with E-state index in [0.29, 0.717) is 30.2 Å². The quantitative estimate of drug-likeness (QED) is 0.231. The maximum atomic E-state index is 13.7. The molecule has 1 aromatic carbocycles. The van der Waals surface area contributed by atoms with E-state index >= 15 is 0 Å². The van der Waals surface area contributed by atoms with Gasteiger partial charge in [0.15, 0.2) is 5.82 Å². The van der Waals surface area contributed by atoms with Gasteiger partial charge in [-0.3, -0.25) is 14.3 Å². The number of urea groups is 1. The van der Waals surface area contributed by atoms with Crippen LogP contribution in [0.2, 0.25) is 0 Å². The zero-order chi connectivity index (χ0) is 30.3. The zero-order valence-corrected chi connectivity index (χ0v) is 24.6. The summed E-state index contributed by atoms with van der Waals surface area (Å²) < 4.78 is 1.83. The van der Waals surface area contributed by atoms with E-state index < -0.39 is 5.54 Å². The molecule has 0 bridgehead atoms. The SMILES string of the molecule is C#C/C=C\C=C(/C)[C@@H](CN(C)C)NC(=O)N1Cc2c(NC(=O)c3ccc(NC(=O)C=C)cc3)nn(CC)c2C1(C)C. The molecule has 0 radical (unpaired) electrons. The van der Waals surface area contributed by atoms with Crippen LogP contribution in [0.5, 0.6) is 0 Å². The first-order valence-corrected chi connectivity index (χ1v) is 13.4. The molecule has 41 heavy (non-hydrogen) atoms. The van der Waals surface area contributed by atoms with Crippen LogP contribution in [-0.2, 0) is 23.4 Å². The van der Waals surface area contributed by atoms with E-state index in [1.54, 1.807) is 41.3 Å². The standard InChI is InChI=1S/C31H39N7O3/c1-9-12-13-14-21(4)25(20-36(7)8)33-30(41)37-19-24-27(31(37,5)6)38(11-3)35-28(24)34-29(40)22-15-17-23(18-16-22)32-26(39)10-2/h1,10,12-18,25H,2,11,19-20H2,3-8H3,(H,32,39)(H,33,41)(H,34,35,40)/b13-12-,21-14+/t25-/m1/s1. The molecule has 10 heteroatoms. The van der Waals surface area contributed by atoms with Gasteiger partial charge in [-0.05, 0) is 83.8 Å². The highest BCUT2D eigenvalue weighted by molar-refractivity contribution is 6.05. The molecule has 2 aromatic rings. The molecule has 1 aromatic heterocycles. The summed E-state index contributed by atoms with van der Waals surface area (Å²) in [5.41, 5.74) is 2.91. The van der Waals surface area contributed by atoms with Gasteiger partial charge in [-0.1, -0.05) is 24.7 Å². The summed E-state index contributed by atoms with van der Waals surface area (Å²) in [5, 5.41) is 13.4. The first-order valence-electron chi connectivity index (χ1n) is 13.4. The number of anilines is 2. The summed E-state index contributed by atoms with van der Waals surface area (Å²) in [6.45, 7) is 12.8. The Labute approximate surface area is 242 Å². The van der Waals surface area contributed by atoms with Crippen molar-refractivity contribution in [2.45, 2.75) is 52.4 Å². The minimum absolute atomic E-state index is 0.219. The first kappa shape index (κ1) is 30.9. The Kier molecular flexibility index (Phi) is 9.92. The third-order valence-electron chi connectivity index (χ3n) is 6.94. The topological polar surface area (TPSA) is 112 Å². The number of aryl methyl sites for hydroxylation is 1. The molecule has 0 fully saturated rings. The third-order valence-corrected chi connectivity index (χ3v) is 6.94. The van der Waals surface area contributed by atoms with Crippen molar-refractivity contribution in [2.24, 2.45) is 0 Å². The van der Waals surface area contributed by atoms with Crippen molar-refractivity contribution in [2.75, 3.05) is 31.3 Å². The summed E-state index contributed by atoms with van der Waals surface area (Å²) in [4.78, 5) is 42.1. The fourth-order valence-corrected chi connectivity index (χ4v) is 4.82. The Morgan fingerprint density at radius 2 is 1.90 bits per heavy atom. The second-order valence-electron chi connectivity index (χ2n) is 10.6. The number of carbonyl (C=O) groups is 3. The first-order chi connectivity index (χ1) is 19.4. The summed E-state index contributed by atoms with van der Waals surface area (Å²) in [5.74, 6) is 2.21.